The second-order valence-corrected chi connectivity index (χ2v) is 16.0. The zero-order valence-electron chi connectivity index (χ0n) is 34.9. The van der Waals surface area contributed by atoms with Crippen molar-refractivity contribution in [1.29, 1.82) is 0 Å². The first kappa shape index (κ1) is 44.0. The van der Waals surface area contributed by atoms with Gasteiger partial charge >= 0.3 is 0 Å². The van der Waals surface area contributed by atoms with Gasteiger partial charge in [0, 0.05) is 36.6 Å². The van der Waals surface area contributed by atoms with E-state index in [1.165, 1.54) is 5.56 Å². The number of halogens is 2. The number of benzene rings is 5. The number of carbonyl (C=O) groups excluding carboxylic acids is 1. The van der Waals surface area contributed by atoms with Crippen molar-refractivity contribution >= 4 is 35.6 Å². The summed E-state index contributed by atoms with van der Waals surface area (Å²) in [5.74, 6) is 3.73. The van der Waals surface area contributed by atoms with Crippen molar-refractivity contribution in [2.45, 2.75) is 71.4 Å². The Morgan fingerprint density at radius 2 is 1.61 bits per heavy atom. The topological polar surface area (TPSA) is 119 Å². The molecule has 12 heteroatoms. The van der Waals surface area contributed by atoms with Crippen LogP contribution in [0.5, 0.6) is 28.7 Å². The molecule has 6 aromatic rings. The van der Waals surface area contributed by atoms with Gasteiger partial charge in [-0.05, 0) is 121 Å². The van der Waals surface area contributed by atoms with Crippen LogP contribution in [0.3, 0.4) is 0 Å². The zero-order valence-corrected chi connectivity index (χ0v) is 36.4. The summed E-state index contributed by atoms with van der Waals surface area (Å²) in [6, 6.07) is 37.6. The lowest BCUT2D eigenvalue weighted by Crippen LogP contribution is -2.51. The van der Waals surface area contributed by atoms with E-state index in [1.807, 2.05) is 74.5 Å². The van der Waals surface area contributed by atoms with E-state index in [9.17, 15) is 4.79 Å². The predicted molar refractivity (Wildman–Crippen MR) is 241 cm³/mol. The molecule has 0 bridgehead atoms. The molecule has 0 radical (unpaired) electrons. The quantitative estimate of drug-likeness (QED) is 0.109. The maximum absolute atomic E-state index is 14.2. The number of aryl methyl sites for hydroxylation is 1. The van der Waals surface area contributed by atoms with Crippen molar-refractivity contribution < 1.29 is 33.6 Å². The minimum Gasteiger partial charge on any atom is -0.489 e. The number of rotatable bonds is 13. The second-order valence-electron chi connectivity index (χ2n) is 15.2. The fourth-order valence-electron chi connectivity index (χ4n) is 7.84. The van der Waals surface area contributed by atoms with Gasteiger partial charge in [-0.2, -0.15) is 0 Å². The van der Waals surface area contributed by atoms with E-state index >= 15 is 0 Å². The highest BCUT2D eigenvalue weighted by Crippen LogP contribution is 2.42. The number of pyridine rings is 1. The number of nitrogens with one attached hydrogen (secondary N) is 1. The number of ether oxygens (including phenoxy) is 4. The Hall–Kier alpha value is -6.07. The highest BCUT2D eigenvalue weighted by atomic mass is 35.5. The van der Waals surface area contributed by atoms with Crippen LogP contribution in [-0.2, 0) is 35.6 Å². The number of hydrogen-bond donors (Lipinski definition) is 2. The highest BCUT2D eigenvalue weighted by Gasteiger charge is 2.37. The van der Waals surface area contributed by atoms with E-state index in [4.69, 9.17) is 52.1 Å². The molecule has 320 valence electrons. The smallest absolute Gasteiger partial charge is 0.290 e. The third kappa shape index (κ3) is 10.7. The minimum absolute atomic E-state index is 0.0212. The Kier molecular flexibility index (Phi) is 14.7. The maximum atomic E-state index is 14.2. The first-order chi connectivity index (χ1) is 30.1. The fourth-order valence-corrected chi connectivity index (χ4v) is 8.17. The summed E-state index contributed by atoms with van der Waals surface area (Å²) >= 11 is 12.2. The van der Waals surface area contributed by atoms with E-state index in [0.717, 1.165) is 62.7 Å². The number of carbonyl (C=O) groups is 2. The van der Waals surface area contributed by atoms with Gasteiger partial charge in [0.05, 0.1) is 16.1 Å². The molecule has 2 aliphatic heterocycles. The van der Waals surface area contributed by atoms with Crippen LogP contribution in [0.15, 0.2) is 121 Å². The lowest BCUT2D eigenvalue weighted by molar-refractivity contribution is -0.128. The first-order valence-electron chi connectivity index (χ1n) is 20.6. The molecular formula is C50H49Cl2N3O7. The van der Waals surface area contributed by atoms with Gasteiger partial charge in [-0.1, -0.05) is 90.8 Å². The van der Waals surface area contributed by atoms with Crippen molar-refractivity contribution in [1.82, 2.24) is 15.2 Å². The number of hydrogen-bond acceptors (Lipinski definition) is 8. The van der Waals surface area contributed by atoms with Crippen LogP contribution in [-0.4, -0.2) is 46.6 Å². The average Bonchev–Trinajstić information content (AvgIpc) is 3.29. The Morgan fingerprint density at radius 3 is 2.34 bits per heavy atom. The normalized spacial score (nSPS) is 15.9. The number of fused-ring (bicyclic) bond motifs is 2. The molecule has 3 unspecified atom stereocenters. The molecule has 2 aliphatic rings. The molecule has 1 amide bonds. The molecule has 0 aliphatic carbocycles. The van der Waals surface area contributed by atoms with Gasteiger partial charge in [0.1, 0.15) is 30.5 Å². The fraction of sp³-hybridized carbons (Fsp3) is 0.260. The molecule has 8 rings (SSSR count). The SMILES string of the molecule is CCC(c1ccccc1)N1Cc2cc3c(cc2CC1C(=O)NCCc1ccc(Oc2ccnc(C)c2C)cc1)OCC(c1ccc(OCc2ccc(Cl)c(Cl)c2)cc1)O3.O=CO. The second kappa shape index (κ2) is 20.7. The molecule has 3 atom stereocenters. The Morgan fingerprint density at radius 1 is 0.903 bits per heavy atom. The number of nitrogens with zero attached hydrogens (tertiary/aromatic N) is 2. The molecule has 0 spiro atoms. The standard InChI is InChI=1S/C49H47Cl2N3O5.CH2O2/c1-4-43(35-8-6-5-7-9-35)54-28-38-27-47-46(57-30-48(59-47)36-13-17-39(18-14-36)56-29-34-12-19-41(50)42(51)24-34)26-37(38)25-44(54)49(55)53-22-20-33-10-15-40(16-11-33)58-45-21-23-52-32(3)31(45)2;2-1-3/h5-19,21,23-24,26-27,43-44,48H,4,20,22,25,28-30H2,1-3H3,(H,53,55);1H,(H,2,3). The molecular weight excluding hydrogens is 825 g/mol. The van der Waals surface area contributed by atoms with Crippen LogP contribution in [0.25, 0.3) is 0 Å². The van der Waals surface area contributed by atoms with Gasteiger partial charge in [0.25, 0.3) is 6.47 Å². The third-order valence-corrected chi connectivity index (χ3v) is 12.0. The van der Waals surface area contributed by atoms with E-state index in [0.29, 0.717) is 60.7 Å². The number of carboxylic acid groups (broad SMARTS) is 1. The molecule has 1 aromatic heterocycles. The average molecular weight is 875 g/mol. The predicted octanol–water partition coefficient (Wildman–Crippen LogP) is 10.8. The highest BCUT2D eigenvalue weighted by molar-refractivity contribution is 6.42. The van der Waals surface area contributed by atoms with Gasteiger partial charge in [-0.15, -0.1) is 0 Å². The van der Waals surface area contributed by atoms with Gasteiger partial charge in [0.2, 0.25) is 5.91 Å². The molecule has 0 fully saturated rings. The summed E-state index contributed by atoms with van der Waals surface area (Å²) in [7, 11) is 0. The van der Waals surface area contributed by atoms with Gasteiger partial charge in [-0.25, -0.2) is 0 Å². The monoisotopic (exact) mass is 873 g/mol. The Bertz CT molecular complexity index is 2470. The molecule has 0 saturated carbocycles. The largest absolute Gasteiger partial charge is 0.489 e. The van der Waals surface area contributed by atoms with Crippen molar-refractivity contribution in [3.05, 3.63) is 176 Å². The molecule has 0 saturated heterocycles. The van der Waals surface area contributed by atoms with Gasteiger partial charge < -0.3 is 29.4 Å². The lowest BCUT2D eigenvalue weighted by atomic mass is 9.89. The number of aromatic nitrogens is 1. The van der Waals surface area contributed by atoms with E-state index in [1.54, 1.807) is 12.3 Å². The van der Waals surface area contributed by atoms with E-state index in [2.05, 4.69) is 70.7 Å². The van der Waals surface area contributed by atoms with E-state index in [-0.39, 0.29) is 30.6 Å². The summed E-state index contributed by atoms with van der Waals surface area (Å²) < 4.78 is 25.1. The molecule has 5 aromatic carbocycles. The first-order valence-corrected chi connectivity index (χ1v) is 21.4. The van der Waals surface area contributed by atoms with Crippen LogP contribution < -0.4 is 24.3 Å². The van der Waals surface area contributed by atoms with E-state index < -0.39 is 0 Å². The Labute approximate surface area is 372 Å². The molecule has 3 heterocycles. The summed E-state index contributed by atoms with van der Waals surface area (Å²) in [5, 5.41) is 11.2. The van der Waals surface area contributed by atoms with Gasteiger partial charge in [-0.3, -0.25) is 19.5 Å². The van der Waals surface area contributed by atoms with Crippen LogP contribution >= 0.6 is 23.2 Å². The lowest BCUT2D eigenvalue weighted by Gasteiger charge is -2.41. The summed E-state index contributed by atoms with van der Waals surface area (Å²) in [6.45, 7) is 7.79. The van der Waals surface area contributed by atoms with Crippen LogP contribution in [0.2, 0.25) is 10.0 Å². The summed E-state index contributed by atoms with van der Waals surface area (Å²) in [5.41, 5.74) is 8.44. The maximum Gasteiger partial charge on any atom is 0.290 e. The van der Waals surface area contributed by atoms with Crippen molar-refractivity contribution in [2.75, 3.05) is 13.2 Å². The van der Waals surface area contributed by atoms with Crippen LogP contribution in [0.4, 0.5) is 0 Å². The third-order valence-electron chi connectivity index (χ3n) is 11.3. The van der Waals surface area contributed by atoms with Crippen molar-refractivity contribution in [2.24, 2.45) is 0 Å². The van der Waals surface area contributed by atoms with Crippen molar-refractivity contribution in [3.63, 3.8) is 0 Å². The number of amides is 1. The Balaban J connectivity index is 0.00000187. The summed E-state index contributed by atoms with van der Waals surface area (Å²) in [4.78, 5) is 29.2. The summed E-state index contributed by atoms with van der Waals surface area (Å²) in [6.07, 6.45) is 3.60. The van der Waals surface area contributed by atoms with Crippen molar-refractivity contribution in [3.8, 4) is 28.7 Å². The molecule has 62 heavy (non-hydrogen) atoms. The minimum atomic E-state index is -0.358. The van der Waals surface area contributed by atoms with Crippen LogP contribution in [0.1, 0.15) is 70.1 Å². The molecule has 10 nitrogen and oxygen atoms in total. The van der Waals surface area contributed by atoms with Crippen LogP contribution in [0, 0.1) is 13.8 Å². The zero-order chi connectivity index (χ0) is 43.6. The molecule has 2 N–H and O–H groups in total. The van der Waals surface area contributed by atoms with Gasteiger partial charge in [0.15, 0.2) is 17.6 Å².